The van der Waals surface area contributed by atoms with Crippen molar-refractivity contribution in [1.82, 2.24) is 4.31 Å². The van der Waals surface area contributed by atoms with Gasteiger partial charge in [-0.15, -0.1) is 11.3 Å². The van der Waals surface area contributed by atoms with Crippen molar-refractivity contribution in [3.63, 3.8) is 0 Å². The van der Waals surface area contributed by atoms with Crippen LogP contribution in [0.2, 0.25) is 0 Å². The number of rotatable bonds is 4. The number of thiophene rings is 1. The average Bonchev–Trinajstić information content (AvgIpc) is 2.78. The van der Waals surface area contributed by atoms with E-state index in [2.05, 4.69) is 20.7 Å². The fraction of sp³-hybridized carbons (Fsp3) is 0.615. The van der Waals surface area contributed by atoms with E-state index in [-0.39, 0.29) is 18.4 Å². The van der Waals surface area contributed by atoms with Crippen molar-refractivity contribution in [3.05, 3.63) is 14.7 Å². The second kappa shape index (κ2) is 6.76. The number of carbonyl (C=O) groups excluding carboxylic acids is 1. The summed E-state index contributed by atoms with van der Waals surface area (Å²) in [6, 6.07) is 1.33. The first-order chi connectivity index (χ1) is 9.86. The van der Waals surface area contributed by atoms with Crippen LogP contribution in [-0.2, 0) is 19.6 Å². The van der Waals surface area contributed by atoms with Crippen LogP contribution >= 0.6 is 27.3 Å². The van der Waals surface area contributed by atoms with Gasteiger partial charge in [-0.05, 0) is 41.8 Å². The molecule has 0 N–H and O–H groups in total. The van der Waals surface area contributed by atoms with Gasteiger partial charge >= 0.3 is 5.97 Å². The molecule has 0 saturated carbocycles. The number of sulfonamides is 1. The number of methoxy groups -OCH3 is 1. The highest BCUT2D eigenvalue weighted by Crippen LogP contribution is 2.34. The van der Waals surface area contributed by atoms with Crippen molar-refractivity contribution in [2.24, 2.45) is 0 Å². The molecule has 0 bridgehead atoms. The minimum Gasteiger partial charge on any atom is -0.469 e. The average molecular weight is 396 g/mol. The molecule has 1 saturated heterocycles. The number of nitrogens with zero attached hydrogens (tertiary/aromatic N) is 1. The summed E-state index contributed by atoms with van der Waals surface area (Å²) in [5.74, 6) is -0.370. The Labute approximate surface area is 137 Å². The molecule has 5 nitrogen and oxygen atoms in total. The summed E-state index contributed by atoms with van der Waals surface area (Å²) in [5, 5.41) is 0. The normalized spacial score (nSPS) is 20.4. The molecule has 1 aromatic rings. The van der Waals surface area contributed by atoms with E-state index in [1.807, 2.05) is 0 Å². The second-order valence-electron chi connectivity index (χ2n) is 5.02. The van der Waals surface area contributed by atoms with Gasteiger partial charge in [-0.2, -0.15) is 4.31 Å². The van der Waals surface area contributed by atoms with Gasteiger partial charge in [0.15, 0.2) is 0 Å². The van der Waals surface area contributed by atoms with Crippen LogP contribution in [0.25, 0.3) is 0 Å². The molecule has 1 unspecified atom stereocenters. The molecule has 0 amide bonds. The predicted octanol–water partition coefficient (Wildman–Crippen LogP) is 2.93. The zero-order chi connectivity index (χ0) is 15.6. The molecule has 2 heterocycles. The second-order valence-corrected chi connectivity index (χ2v) is 9.51. The van der Waals surface area contributed by atoms with Crippen LogP contribution in [0.4, 0.5) is 0 Å². The number of carbonyl (C=O) groups is 1. The predicted molar refractivity (Wildman–Crippen MR) is 84.9 cm³/mol. The van der Waals surface area contributed by atoms with Gasteiger partial charge in [0.05, 0.1) is 22.2 Å². The van der Waals surface area contributed by atoms with Gasteiger partial charge < -0.3 is 4.74 Å². The highest BCUT2D eigenvalue weighted by Gasteiger charge is 2.36. The lowest BCUT2D eigenvalue weighted by molar-refractivity contribution is -0.141. The SMILES string of the molecule is COC(=O)CC1CCCCN1S(=O)(=O)c1cc(Br)sc1C. The highest BCUT2D eigenvalue weighted by atomic mass is 79.9. The Hall–Kier alpha value is -0.440. The maximum Gasteiger partial charge on any atom is 0.307 e. The summed E-state index contributed by atoms with van der Waals surface area (Å²) in [6.07, 6.45) is 2.56. The lowest BCUT2D eigenvalue weighted by Crippen LogP contribution is -2.44. The summed E-state index contributed by atoms with van der Waals surface area (Å²) in [7, 11) is -2.25. The number of hydrogen-bond donors (Lipinski definition) is 0. The molecule has 21 heavy (non-hydrogen) atoms. The van der Waals surface area contributed by atoms with Crippen molar-refractivity contribution < 1.29 is 17.9 Å². The largest absolute Gasteiger partial charge is 0.469 e. The van der Waals surface area contributed by atoms with Crippen LogP contribution in [0, 0.1) is 6.92 Å². The monoisotopic (exact) mass is 395 g/mol. The molecule has 0 aromatic carbocycles. The lowest BCUT2D eigenvalue weighted by Gasteiger charge is -2.34. The Morgan fingerprint density at radius 2 is 2.24 bits per heavy atom. The Balaban J connectivity index is 2.31. The first-order valence-electron chi connectivity index (χ1n) is 6.71. The standard InChI is InChI=1S/C13H18BrNO4S2/c1-9-11(8-12(14)20-9)21(17,18)15-6-4-3-5-10(15)7-13(16)19-2/h8,10H,3-7H2,1-2H3. The summed E-state index contributed by atoms with van der Waals surface area (Å²) >= 11 is 4.73. The summed E-state index contributed by atoms with van der Waals surface area (Å²) in [4.78, 5) is 12.6. The molecule has 0 spiro atoms. The van der Waals surface area contributed by atoms with Crippen LogP contribution in [0.1, 0.15) is 30.6 Å². The Bertz CT molecular complexity index is 626. The van der Waals surface area contributed by atoms with E-state index in [1.165, 1.54) is 22.8 Å². The highest BCUT2D eigenvalue weighted by molar-refractivity contribution is 9.11. The molecular formula is C13H18BrNO4S2. The fourth-order valence-electron chi connectivity index (χ4n) is 2.58. The molecule has 1 aliphatic rings. The number of halogens is 1. The van der Waals surface area contributed by atoms with E-state index in [0.29, 0.717) is 17.9 Å². The first kappa shape index (κ1) is 16.9. The lowest BCUT2D eigenvalue weighted by atomic mass is 10.0. The minimum absolute atomic E-state index is 0.111. The number of hydrogen-bond acceptors (Lipinski definition) is 5. The van der Waals surface area contributed by atoms with Crippen molar-refractivity contribution >= 4 is 43.3 Å². The van der Waals surface area contributed by atoms with E-state index in [0.717, 1.165) is 21.5 Å². The number of esters is 1. The molecule has 118 valence electrons. The number of piperidine rings is 1. The van der Waals surface area contributed by atoms with Crippen molar-refractivity contribution in [1.29, 1.82) is 0 Å². The molecule has 2 rings (SSSR count). The van der Waals surface area contributed by atoms with Crippen molar-refractivity contribution in [3.8, 4) is 0 Å². The molecule has 1 aromatic heterocycles. The Kier molecular flexibility index (Phi) is 5.45. The van der Waals surface area contributed by atoms with Gasteiger partial charge in [0, 0.05) is 17.5 Å². The summed E-state index contributed by atoms with van der Waals surface area (Å²) in [5.41, 5.74) is 0. The smallest absolute Gasteiger partial charge is 0.307 e. The summed E-state index contributed by atoms with van der Waals surface area (Å²) < 4.78 is 32.7. The molecule has 1 aliphatic heterocycles. The zero-order valence-electron chi connectivity index (χ0n) is 12.0. The van der Waals surface area contributed by atoms with Gasteiger partial charge in [0.25, 0.3) is 0 Å². The van der Waals surface area contributed by atoms with Crippen molar-refractivity contribution in [2.45, 2.75) is 43.5 Å². The van der Waals surface area contributed by atoms with Gasteiger partial charge in [-0.1, -0.05) is 6.42 Å². The topological polar surface area (TPSA) is 63.7 Å². The van der Waals surface area contributed by atoms with E-state index >= 15 is 0 Å². The van der Waals surface area contributed by atoms with Crippen LogP contribution in [0.3, 0.4) is 0 Å². The van der Waals surface area contributed by atoms with E-state index in [1.54, 1.807) is 13.0 Å². The quantitative estimate of drug-likeness (QED) is 0.735. The molecular weight excluding hydrogens is 378 g/mol. The van der Waals surface area contributed by atoms with Crippen LogP contribution in [0.5, 0.6) is 0 Å². The Morgan fingerprint density at radius 3 is 2.81 bits per heavy atom. The maximum absolute atomic E-state index is 12.9. The van der Waals surface area contributed by atoms with Gasteiger partial charge in [-0.25, -0.2) is 8.42 Å². The third-order valence-corrected chi connectivity index (χ3v) is 7.39. The third-order valence-electron chi connectivity index (χ3n) is 3.63. The van der Waals surface area contributed by atoms with Crippen molar-refractivity contribution in [2.75, 3.05) is 13.7 Å². The molecule has 8 heteroatoms. The van der Waals surface area contributed by atoms with E-state index in [4.69, 9.17) is 0 Å². The third kappa shape index (κ3) is 3.67. The molecule has 1 fully saturated rings. The summed E-state index contributed by atoms with van der Waals surface area (Å²) in [6.45, 7) is 2.25. The van der Waals surface area contributed by atoms with E-state index < -0.39 is 10.0 Å². The van der Waals surface area contributed by atoms with Gasteiger partial charge in [-0.3, -0.25) is 4.79 Å². The Morgan fingerprint density at radius 1 is 1.52 bits per heavy atom. The number of ether oxygens (including phenoxy) is 1. The zero-order valence-corrected chi connectivity index (χ0v) is 15.2. The fourth-order valence-corrected chi connectivity index (χ4v) is 6.66. The number of aryl methyl sites for hydroxylation is 1. The molecule has 0 aliphatic carbocycles. The van der Waals surface area contributed by atoms with Crippen LogP contribution < -0.4 is 0 Å². The van der Waals surface area contributed by atoms with Gasteiger partial charge in [0.2, 0.25) is 10.0 Å². The maximum atomic E-state index is 12.9. The van der Waals surface area contributed by atoms with Crippen LogP contribution in [-0.4, -0.2) is 38.4 Å². The molecule has 0 radical (unpaired) electrons. The minimum atomic E-state index is -3.57. The molecule has 1 atom stereocenters. The van der Waals surface area contributed by atoms with E-state index in [9.17, 15) is 13.2 Å². The van der Waals surface area contributed by atoms with Gasteiger partial charge in [0.1, 0.15) is 0 Å². The first-order valence-corrected chi connectivity index (χ1v) is 9.76. The van der Waals surface area contributed by atoms with Crippen LogP contribution in [0.15, 0.2) is 14.7 Å².